The number of carbonyl (C=O) groups is 4. The first-order valence-electron chi connectivity index (χ1n) is 9.68. The summed E-state index contributed by atoms with van der Waals surface area (Å²) >= 11 is 1.50. The summed E-state index contributed by atoms with van der Waals surface area (Å²) in [6, 6.07) is 6.48. The van der Waals surface area contributed by atoms with E-state index in [1.807, 2.05) is 31.2 Å². The number of fused-ring (bicyclic) bond motifs is 1. The molecule has 0 spiro atoms. The molecule has 9 heteroatoms. The van der Waals surface area contributed by atoms with Crippen molar-refractivity contribution >= 4 is 45.3 Å². The maximum atomic E-state index is 12.8. The third-order valence-corrected chi connectivity index (χ3v) is 6.92. The Bertz CT molecular complexity index is 964. The molecule has 0 bridgehead atoms. The summed E-state index contributed by atoms with van der Waals surface area (Å²) < 4.78 is 1.03. The van der Waals surface area contributed by atoms with Gasteiger partial charge in [-0.25, -0.2) is 14.7 Å². The molecule has 2 fully saturated rings. The van der Waals surface area contributed by atoms with Crippen molar-refractivity contribution in [2.75, 3.05) is 13.6 Å². The van der Waals surface area contributed by atoms with Gasteiger partial charge < -0.3 is 4.90 Å². The monoisotopic (exact) mass is 414 g/mol. The molecule has 1 atom stereocenters. The van der Waals surface area contributed by atoms with Crippen molar-refractivity contribution in [1.82, 2.24) is 19.7 Å². The molecule has 2 aliphatic rings. The van der Waals surface area contributed by atoms with E-state index < -0.39 is 30.3 Å². The van der Waals surface area contributed by atoms with Gasteiger partial charge in [-0.1, -0.05) is 25.0 Å². The average molecular weight is 414 g/mol. The van der Waals surface area contributed by atoms with Crippen LogP contribution < -0.4 is 0 Å². The quantitative estimate of drug-likeness (QED) is 0.554. The number of urea groups is 1. The van der Waals surface area contributed by atoms with E-state index in [0.717, 1.165) is 37.9 Å². The fraction of sp³-hybridized carbons (Fsp3) is 0.450. The van der Waals surface area contributed by atoms with Gasteiger partial charge in [0.1, 0.15) is 11.6 Å². The van der Waals surface area contributed by atoms with E-state index in [2.05, 4.69) is 4.98 Å². The van der Waals surface area contributed by atoms with Gasteiger partial charge in [0.15, 0.2) is 0 Å². The molecule has 1 aliphatic carbocycles. The standard InChI is InChI=1S/C20H22N4O4S/c1-12(17-21-14-9-5-6-10-15(14)29-17)22(2)16(25)11-23-18(26)19(27)24(20(23)28)13-7-3-4-8-13/h5-6,9-10,12-13H,3-4,7-8,11H2,1-2H3/t12-/m1/s1. The Morgan fingerprint density at radius 2 is 1.90 bits per heavy atom. The van der Waals surface area contributed by atoms with Gasteiger partial charge in [-0.15, -0.1) is 11.3 Å². The zero-order valence-corrected chi connectivity index (χ0v) is 17.1. The molecule has 0 radical (unpaired) electrons. The second kappa shape index (κ2) is 7.55. The van der Waals surface area contributed by atoms with Crippen LogP contribution in [0, 0.1) is 0 Å². The van der Waals surface area contributed by atoms with Crippen LogP contribution in [0.4, 0.5) is 4.79 Å². The van der Waals surface area contributed by atoms with Crippen molar-refractivity contribution in [3.05, 3.63) is 29.3 Å². The summed E-state index contributed by atoms with van der Waals surface area (Å²) in [5.41, 5.74) is 0.864. The van der Waals surface area contributed by atoms with Crippen molar-refractivity contribution in [3.63, 3.8) is 0 Å². The van der Waals surface area contributed by atoms with Crippen molar-refractivity contribution in [1.29, 1.82) is 0 Å². The molecule has 1 aromatic carbocycles. The van der Waals surface area contributed by atoms with Crippen molar-refractivity contribution in [2.24, 2.45) is 0 Å². The van der Waals surface area contributed by atoms with Gasteiger partial charge in [-0.2, -0.15) is 0 Å². The van der Waals surface area contributed by atoms with E-state index >= 15 is 0 Å². The minimum atomic E-state index is -0.920. The molecule has 0 unspecified atom stereocenters. The Morgan fingerprint density at radius 3 is 2.59 bits per heavy atom. The number of hydrogen-bond donors (Lipinski definition) is 0. The van der Waals surface area contributed by atoms with Gasteiger partial charge in [0.2, 0.25) is 5.91 Å². The van der Waals surface area contributed by atoms with Gasteiger partial charge in [0, 0.05) is 13.1 Å². The van der Waals surface area contributed by atoms with Gasteiger partial charge in [-0.05, 0) is 31.9 Å². The molecule has 4 rings (SSSR count). The second-order valence-electron chi connectivity index (χ2n) is 7.49. The van der Waals surface area contributed by atoms with Crippen molar-refractivity contribution < 1.29 is 19.2 Å². The smallest absolute Gasteiger partial charge is 0.334 e. The topological polar surface area (TPSA) is 90.9 Å². The lowest BCUT2D eigenvalue weighted by molar-refractivity contribution is -0.145. The van der Waals surface area contributed by atoms with Gasteiger partial charge in [0.05, 0.1) is 16.3 Å². The second-order valence-corrected chi connectivity index (χ2v) is 8.55. The Labute approximate surface area is 172 Å². The summed E-state index contributed by atoms with van der Waals surface area (Å²) in [7, 11) is 1.61. The van der Waals surface area contributed by atoms with Gasteiger partial charge in [-0.3, -0.25) is 19.3 Å². The van der Waals surface area contributed by atoms with Crippen molar-refractivity contribution in [3.8, 4) is 0 Å². The highest BCUT2D eigenvalue weighted by Gasteiger charge is 2.48. The van der Waals surface area contributed by atoms with Crippen LogP contribution in [0.3, 0.4) is 0 Å². The number of hydrogen-bond acceptors (Lipinski definition) is 6. The highest BCUT2D eigenvalue weighted by molar-refractivity contribution is 7.18. The molecule has 1 aromatic heterocycles. The van der Waals surface area contributed by atoms with E-state index in [-0.39, 0.29) is 12.1 Å². The molecule has 2 aromatic rings. The SMILES string of the molecule is C[C@H](c1nc2ccccc2s1)N(C)C(=O)CN1C(=O)C(=O)N(C2CCCC2)C1=O. The average Bonchev–Trinajstić information content (AvgIpc) is 3.43. The van der Waals surface area contributed by atoms with Crippen LogP contribution in [0.5, 0.6) is 0 Å². The molecule has 5 amide bonds. The molecule has 152 valence electrons. The number of rotatable bonds is 5. The number of para-hydroxylation sites is 1. The maximum Gasteiger partial charge on any atom is 0.334 e. The molecule has 2 heterocycles. The minimum absolute atomic E-state index is 0.238. The molecule has 8 nitrogen and oxygen atoms in total. The first-order valence-corrected chi connectivity index (χ1v) is 10.5. The first-order chi connectivity index (χ1) is 13.9. The van der Waals surface area contributed by atoms with Crippen LogP contribution in [0.15, 0.2) is 24.3 Å². The summed E-state index contributed by atoms with van der Waals surface area (Å²) in [5.74, 6) is -2.16. The fourth-order valence-corrected chi connectivity index (χ4v) is 4.91. The van der Waals surface area contributed by atoms with Gasteiger partial charge >= 0.3 is 17.8 Å². The number of imide groups is 2. The Kier molecular flexibility index (Phi) is 5.08. The van der Waals surface area contributed by atoms with Crippen molar-refractivity contribution in [2.45, 2.75) is 44.7 Å². The summed E-state index contributed by atoms with van der Waals surface area (Å²) in [6.07, 6.45) is 3.27. The number of likely N-dealkylation sites (N-methyl/N-ethyl adjacent to an activating group) is 1. The number of thiazole rings is 1. The number of benzene rings is 1. The summed E-state index contributed by atoms with van der Waals surface area (Å²) in [5, 5.41) is 0.768. The molecular weight excluding hydrogens is 392 g/mol. The molecule has 29 heavy (non-hydrogen) atoms. The molecular formula is C20H22N4O4S. The number of carbonyl (C=O) groups excluding carboxylic acids is 4. The van der Waals surface area contributed by atoms with E-state index in [1.54, 1.807) is 7.05 Å². The summed E-state index contributed by atoms with van der Waals surface area (Å²) in [4.78, 5) is 57.9. The van der Waals surface area contributed by atoms with E-state index in [9.17, 15) is 19.2 Å². The lowest BCUT2D eigenvalue weighted by Gasteiger charge is -2.25. The maximum absolute atomic E-state index is 12.8. The highest BCUT2D eigenvalue weighted by Crippen LogP contribution is 2.30. The van der Waals surface area contributed by atoms with E-state index in [4.69, 9.17) is 0 Å². The largest absolute Gasteiger partial charge is 0.335 e. The van der Waals surface area contributed by atoms with Crippen LogP contribution in [0.2, 0.25) is 0 Å². The van der Waals surface area contributed by atoms with Crippen LogP contribution >= 0.6 is 11.3 Å². The minimum Gasteiger partial charge on any atom is -0.335 e. The first kappa shape index (κ1) is 19.5. The molecule has 1 saturated carbocycles. The lowest BCUT2D eigenvalue weighted by atomic mass is 10.2. The third kappa shape index (κ3) is 3.39. The highest BCUT2D eigenvalue weighted by atomic mass is 32.1. The lowest BCUT2D eigenvalue weighted by Crippen LogP contribution is -2.44. The molecule has 0 N–H and O–H groups in total. The van der Waals surface area contributed by atoms with Crippen LogP contribution in [0.1, 0.15) is 43.7 Å². The Morgan fingerprint density at radius 1 is 1.21 bits per heavy atom. The number of aromatic nitrogens is 1. The van der Waals surface area contributed by atoms with Crippen LogP contribution in [-0.4, -0.2) is 63.1 Å². The number of amides is 5. The van der Waals surface area contributed by atoms with Gasteiger partial charge in [0.25, 0.3) is 0 Å². The molecule has 1 saturated heterocycles. The molecule has 1 aliphatic heterocycles. The Balaban J connectivity index is 1.47. The van der Waals surface area contributed by atoms with Crippen LogP contribution in [0.25, 0.3) is 10.2 Å². The van der Waals surface area contributed by atoms with E-state index in [1.165, 1.54) is 16.2 Å². The Hall–Kier alpha value is -2.81. The predicted molar refractivity (Wildman–Crippen MR) is 107 cm³/mol. The summed E-state index contributed by atoms with van der Waals surface area (Å²) in [6.45, 7) is 1.40. The number of nitrogens with zero attached hydrogens (tertiary/aromatic N) is 4. The fourth-order valence-electron chi connectivity index (χ4n) is 3.84. The zero-order chi connectivity index (χ0) is 20.7. The van der Waals surface area contributed by atoms with E-state index in [0.29, 0.717) is 12.8 Å². The normalized spacial score (nSPS) is 18.9. The third-order valence-electron chi connectivity index (χ3n) is 5.71. The van der Waals surface area contributed by atoms with Crippen LogP contribution in [-0.2, 0) is 14.4 Å². The zero-order valence-electron chi connectivity index (χ0n) is 16.3. The predicted octanol–water partition coefficient (Wildman–Crippen LogP) is 2.55.